The molecule has 2 rings (SSSR count). The van der Waals surface area contributed by atoms with E-state index in [9.17, 15) is 14.9 Å². The van der Waals surface area contributed by atoms with E-state index in [-0.39, 0.29) is 19.1 Å². The lowest BCUT2D eigenvalue weighted by molar-refractivity contribution is -0.0167. The first-order valence-corrected chi connectivity index (χ1v) is 6.71. The van der Waals surface area contributed by atoms with Gasteiger partial charge in [0.25, 0.3) is 0 Å². The zero-order valence-corrected chi connectivity index (χ0v) is 10.6. The van der Waals surface area contributed by atoms with Crippen LogP contribution in [0.25, 0.3) is 0 Å². The van der Waals surface area contributed by atoms with Crippen LogP contribution in [0.5, 0.6) is 0 Å². The number of hydrogen-bond acceptors (Lipinski definition) is 6. The van der Waals surface area contributed by atoms with Crippen molar-refractivity contribution in [2.45, 2.75) is 44.2 Å². The van der Waals surface area contributed by atoms with Gasteiger partial charge in [0.2, 0.25) is 0 Å². The molecule has 0 unspecified atom stereocenters. The van der Waals surface area contributed by atoms with Gasteiger partial charge >= 0.3 is 0 Å². The van der Waals surface area contributed by atoms with E-state index in [1.165, 1.54) is 12.8 Å². The van der Waals surface area contributed by atoms with Crippen molar-refractivity contribution >= 4 is 0 Å². The van der Waals surface area contributed by atoms with Crippen molar-refractivity contribution in [2.24, 2.45) is 15.8 Å². The molecule has 0 aromatic rings. The fourth-order valence-electron chi connectivity index (χ4n) is 3.44. The molecule has 0 aromatic heterocycles. The summed E-state index contributed by atoms with van der Waals surface area (Å²) in [5.74, 6) is 0. The summed E-state index contributed by atoms with van der Waals surface area (Å²) in [6.45, 7) is 2.27. The Hall–Kier alpha value is -0.880. The fourth-order valence-corrected chi connectivity index (χ4v) is 3.44. The molecule has 2 atom stereocenters. The Labute approximate surface area is 107 Å². The van der Waals surface area contributed by atoms with Gasteiger partial charge in [0, 0.05) is 11.5 Å². The second-order valence-electron chi connectivity index (χ2n) is 5.69. The molecule has 0 aromatic carbocycles. The summed E-state index contributed by atoms with van der Waals surface area (Å²) in [5.41, 5.74) is -0.501. The predicted molar refractivity (Wildman–Crippen MR) is 68.2 cm³/mol. The summed E-state index contributed by atoms with van der Waals surface area (Å²) in [5, 5.41) is 16.2. The van der Waals surface area contributed by atoms with Crippen LogP contribution < -0.4 is 0 Å². The summed E-state index contributed by atoms with van der Waals surface area (Å²) in [6, 6.07) is 0.180. The van der Waals surface area contributed by atoms with E-state index in [1.54, 1.807) is 0 Å². The van der Waals surface area contributed by atoms with Crippen molar-refractivity contribution in [2.75, 3.05) is 26.2 Å². The molecule has 0 bridgehead atoms. The summed E-state index contributed by atoms with van der Waals surface area (Å²) < 4.78 is 0. The van der Waals surface area contributed by atoms with Crippen molar-refractivity contribution in [1.82, 2.24) is 4.90 Å². The van der Waals surface area contributed by atoms with E-state index in [2.05, 4.69) is 15.3 Å². The lowest BCUT2D eigenvalue weighted by Crippen LogP contribution is -2.50. The van der Waals surface area contributed by atoms with Gasteiger partial charge in [-0.25, -0.2) is 0 Å². The van der Waals surface area contributed by atoms with Crippen LogP contribution in [0.2, 0.25) is 0 Å². The molecule has 18 heavy (non-hydrogen) atoms. The van der Waals surface area contributed by atoms with E-state index >= 15 is 0 Å². The van der Waals surface area contributed by atoms with Gasteiger partial charge in [-0.3, -0.25) is 4.90 Å². The smallest absolute Gasteiger partial charge is 0.0887 e. The summed E-state index contributed by atoms with van der Waals surface area (Å²) in [6.07, 6.45) is 3.96. The van der Waals surface area contributed by atoms with Crippen LogP contribution in [0, 0.1) is 15.2 Å². The molecule has 102 valence electrons. The average Bonchev–Trinajstić information content (AvgIpc) is 2.83. The Morgan fingerprint density at radius 3 is 2.28 bits per heavy atom. The van der Waals surface area contributed by atoms with Crippen LogP contribution in [0.1, 0.15) is 32.1 Å². The Balaban J connectivity index is 2.00. The number of nitrogens with zero attached hydrogens (tertiary/aromatic N) is 3. The molecule has 6 nitrogen and oxygen atoms in total. The van der Waals surface area contributed by atoms with Gasteiger partial charge in [-0.1, -0.05) is 10.4 Å². The van der Waals surface area contributed by atoms with Crippen LogP contribution in [0.4, 0.5) is 0 Å². The first kappa shape index (κ1) is 13.5. The van der Waals surface area contributed by atoms with E-state index in [0.29, 0.717) is 6.42 Å². The molecule has 0 amide bonds. The Morgan fingerprint density at radius 1 is 1.17 bits per heavy atom. The van der Waals surface area contributed by atoms with Crippen molar-refractivity contribution in [3.05, 3.63) is 9.81 Å². The second-order valence-corrected chi connectivity index (χ2v) is 5.69. The van der Waals surface area contributed by atoms with E-state index in [4.69, 9.17) is 0 Å². The second kappa shape index (κ2) is 5.84. The van der Waals surface area contributed by atoms with Gasteiger partial charge in [-0.15, -0.1) is 0 Å². The molecule has 1 heterocycles. The lowest BCUT2D eigenvalue weighted by Gasteiger charge is -2.43. The highest BCUT2D eigenvalue weighted by Crippen LogP contribution is 2.39. The SMILES string of the molecule is O=NCC1(CN=O)CC[C@@H](N2CCCC2)[C@H](O)C1. The molecule has 1 aliphatic carbocycles. The molecular formula is C12H21N3O3. The number of aliphatic hydroxyl groups excluding tert-OH is 1. The molecule has 1 saturated carbocycles. The highest BCUT2D eigenvalue weighted by Gasteiger charge is 2.43. The van der Waals surface area contributed by atoms with Gasteiger partial charge in [-0.05, 0) is 45.2 Å². The first-order chi connectivity index (χ1) is 8.71. The standard InChI is InChI=1S/C12H21N3O3/c16-11-7-12(8-13-17,9-14-18)4-3-10(11)15-5-1-2-6-15/h10-11,16H,1-9H2/t10-,11-/m1/s1. The molecule has 6 heteroatoms. The van der Waals surface area contributed by atoms with Crippen LogP contribution in [-0.2, 0) is 0 Å². The van der Waals surface area contributed by atoms with E-state index < -0.39 is 11.5 Å². The van der Waals surface area contributed by atoms with Gasteiger partial charge in [0.1, 0.15) is 0 Å². The van der Waals surface area contributed by atoms with Gasteiger partial charge < -0.3 is 5.11 Å². The minimum Gasteiger partial charge on any atom is -0.391 e. The van der Waals surface area contributed by atoms with Crippen LogP contribution in [0.15, 0.2) is 10.4 Å². The van der Waals surface area contributed by atoms with Gasteiger partial charge in [0.15, 0.2) is 0 Å². The molecule has 2 fully saturated rings. The van der Waals surface area contributed by atoms with E-state index in [0.717, 1.165) is 25.9 Å². The molecular weight excluding hydrogens is 234 g/mol. The van der Waals surface area contributed by atoms with Crippen LogP contribution >= 0.6 is 0 Å². The molecule has 1 aliphatic heterocycles. The Morgan fingerprint density at radius 2 is 1.78 bits per heavy atom. The van der Waals surface area contributed by atoms with Gasteiger partial charge in [0.05, 0.1) is 19.2 Å². The van der Waals surface area contributed by atoms with Crippen molar-refractivity contribution < 1.29 is 5.11 Å². The summed E-state index contributed by atoms with van der Waals surface area (Å²) in [7, 11) is 0. The third-order valence-corrected chi connectivity index (χ3v) is 4.47. The minimum atomic E-state index is -0.501. The zero-order chi connectivity index (χ0) is 13.0. The largest absolute Gasteiger partial charge is 0.391 e. The van der Waals surface area contributed by atoms with Crippen molar-refractivity contribution in [3.8, 4) is 0 Å². The third-order valence-electron chi connectivity index (χ3n) is 4.47. The van der Waals surface area contributed by atoms with E-state index in [1.807, 2.05) is 0 Å². The highest BCUT2D eigenvalue weighted by atomic mass is 16.3. The minimum absolute atomic E-state index is 0.0858. The topological polar surface area (TPSA) is 82.3 Å². The highest BCUT2D eigenvalue weighted by molar-refractivity contribution is 4.97. The summed E-state index contributed by atoms with van der Waals surface area (Å²) in [4.78, 5) is 23.4. The lowest BCUT2D eigenvalue weighted by atomic mass is 9.71. The maximum absolute atomic E-state index is 10.5. The quantitative estimate of drug-likeness (QED) is 0.755. The summed E-state index contributed by atoms with van der Waals surface area (Å²) >= 11 is 0. The number of rotatable bonds is 5. The Kier molecular flexibility index (Phi) is 4.40. The molecule has 1 saturated heterocycles. The van der Waals surface area contributed by atoms with Crippen molar-refractivity contribution in [3.63, 3.8) is 0 Å². The van der Waals surface area contributed by atoms with Gasteiger partial charge in [-0.2, -0.15) is 9.81 Å². The normalized spacial score (nSPS) is 32.3. The Bertz CT molecular complexity index is 295. The maximum atomic E-state index is 10.5. The zero-order valence-electron chi connectivity index (χ0n) is 10.6. The molecule has 0 radical (unpaired) electrons. The number of nitroso groups, excluding NO2 is 2. The number of likely N-dealkylation sites (tertiary alicyclic amines) is 1. The third kappa shape index (κ3) is 2.75. The van der Waals surface area contributed by atoms with Crippen LogP contribution in [0.3, 0.4) is 0 Å². The molecule has 2 aliphatic rings. The predicted octanol–water partition coefficient (Wildman–Crippen LogP) is 1.51. The van der Waals surface area contributed by atoms with Crippen LogP contribution in [-0.4, -0.2) is 48.3 Å². The monoisotopic (exact) mass is 255 g/mol. The molecule has 1 N–H and O–H groups in total. The fraction of sp³-hybridized carbons (Fsp3) is 1.00. The molecule has 0 spiro atoms. The van der Waals surface area contributed by atoms with Crippen molar-refractivity contribution in [1.29, 1.82) is 0 Å². The number of hydrogen-bond donors (Lipinski definition) is 1. The first-order valence-electron chi connectivity index (χ1n) is 6.71. The maximum Gasteiger partial charge on any atom is 0.0887 e. The average molecular weight is 255 g/mol. The number of aliphatic hydroxyl groups is 1.